The minimum absolute atomic E-state index is 0.592. The van der Waals surface area contributed by atoms with Gasteiger partial charge in [-0.15, -0.1) is 0 Å². The highest BCUT2D eigenvalue weighted by atomic mass is 16.5. The van der Waals surface area contributed by atoms with E-state index in [1.54, 1.807) is 7.11 Å². The van der Waals surface area contributed by atoms with Gasteiger partial charge in [-0.3, -0.25) is 4.99 Å². The summed E-state index contributed by atoms with van der Waals surface area (Å²) in [6, 6.07) is 6.88. The molecular formula is C16H25N3O. The van der Waals surface area contributed by atoms with Crippen LogP contribution in [0.1, 0.15) is 24.5 Å². The molecule has 0 bridgehead atoms. The summed E-state index contributed by atoms with van der Waals surface area (Å²) in [6.07, 6.45) is 2.16. The lowest BCUT2D eigenvalue weighted by atomic mass is 10.1. The fourth-order valence-electron chi connectivity index (χ4n) is 2.31. The normalized spacial score (nSPS) is 21.5. The summed E-state index contributed by atoms with van der Waals surface area (Å²) in [5.41, 5.74) is 2.49. The van der Waals surface area contributed by atoms with Gasteiger partial charge in [0.2, 0.25) is 0 Å². The number of guanidine groups is 1. The third-order valence-electron chi connectivity index (χ3n) is 3.78. The molecule has 2 atom stereocenters. The maximum Gasteiger partial charge on any atom is 0.191 e. The molecular weight excluding hydrogens is 250 g/mol. The zero-order chi connectivity index (χ0) is 14.5. The number of benzene rings is 1. The van der Waals surface area contributed by atoms with Crippen molar-refractivity contribution >= 4 is 5.96 Å². The molecule has 4 nitrogen and oxygen atoms in total. The van der Waals surface area contributed by atoms with Crippen molar-refractivity contribution in [3.05, 3.63) is 29.3 Å². The minimum Gasteiger partial charge on any atom is -0.496 e. The molecule has 4 heteroatoms. The molecule has 0 amide bonds. The Hall–Kier alpha value is -1.71. The lowest BCUT2D eigenvalue weighted by Crippen LogP contribution is -2.39. The van der Waals surface area contributed by atoms with Crippen LogP contribution in [0.5, 0.6) is 5.75 Å². The number of hydrogen-bond acceptors (Lipinski definition) is 2. The average Bonchev–Trinajstić information content (AvgIpc) is 3.13. The SMILES string of the molecule is CN=C(NCCc1cc(C)ccc1OC)NC1CC1C. The maximum absolute atomic E-state index is 5.40. The molecule has 0 aliphatic heterocycles. The molecule has 0 heterocycles. The van der Waals surface area contributed by atoms with Crippen LogP contribution >= 0.6 is 0 Å². The van der Waals surface area contributed by atoms with E-state index in [1.165, 1.54) is 17.5 Å². The van der Waals surface area contributed by atoms with Gasteiger partial charge in [-0.1, -0.05) is 24.6 Å². The Balaban J connectivity index is 1.84. The summed E-state index contributed by atoms with van der Waals surface area (Å²) in [5.74, 6) is 2.62. The van der Waals surface area contributed by atoms with Crippen LogP contribution in [0.2, 0.25) is 0 Å². The van der Waals surface area contributed by atoms with Crippen LogP contribution in [-0.2, 0) is 6.42 Å². The third kappa shape index (κ3) is 3.89. The predicted molar refractivity (Wildman–Crippen MR) is 83.5 cm³/mol. The van der Waals surface area contributed by atoms with Crippen LogP contribution in [0.3, 0.4) is 0 Å². The van der Waals surface area contributed by atoms with E-state index >= 15 is 0 Å². The van der Waals surface area contributed by atoms with Crippen molar-refractivity contribution < 1.29 is 4.74 Å². The second kappa shape index (κ2) is 6.64. The third-order valence-corrected chi connectivity index (χ3v) is 3.78. The fourth-order valence-corrected chi connectivity index (χ4v) is 2.31. The van der Waals surface area contributed by atoms with Gasteiger partial charge in [0.05, 0.1) is 7.11 Å². The van der Waals surface area contributed by atoms with Crippen LogP contribution in [0, 0.1) is 12.8 Å². The summed E-state index contributed by atoms with van der Waals surface area (Å²) in [5, 5.41) is 6.79. The van der Waals surface area contributed by atoms with Crippen LogP contribution in [0.25, 0.3) is 0 Å². The van der Waals surface area contributed by atoms with Crippen LogP contribution in [0.4, 0.5) is 0 Å². The van der Waals surface area contributed by atoms with Crippen molar-refractivity contribution in [2.24, 2.45) is 10.9 Å². The first kappa shape index (κ1) is 14.7. The number of nitrogens with zero attached hydrogens (tertiary/aromatic N) is 1. The molecule has 2 rings (SSSR count). The molecule has 0 saturated heterocycles. The number of rotatable bonds is 5. The van der Waals surface area contributed by atoms with E-state index in [4.69, 9.17) is 4.74 Å². The van der Waals surface area contributed by atoms with E-state index in [1.807, 2.05) is 13.1 Å². The lowest BCUT2D eigenvalue weighted by molar-refractivity contribution is 0.409. The van der Waals surface area contributed by atoms with Gasteiger partial charge in [-0.25, -0.2) is 0 Å². The molecule has 20 heavy (non-hydrogen) atoms. The second-order valence-electron chi connectivity index (χ2n) is 5.53. The molecule has 1 saturated carbocycles. The number of aryl methyl sites for hydroxylation is 1. The first-order valence-electron chi connectivity index (χ1n) is 7.24. The summed E-state index contributed by atoms with van der Waals surface area (Å²) in [7, 11) is 3.53. The number of ether oxygens (including phenoxy) is 1. The van der Waals surface area contributed by atoms with Gasteiger partial charge in [0.1, 0.15) is 5.75 Å². The highest BCUT2D eigenvalue weighted by molar-refractivity contribution is 5.80. The molecule has 1 aromatic rings. The van der Waals surface area contributed by atoms with Gasteiger partial charge in [-0.05, 0) is 37.3 Å². The van der Waals surface area contributed by atoms with Crippen molar-refractivity contribution in [2.75, 3.05) is 20.7 Å². The molecule has 2 N–H and O–H groups in total. The summed E-state index contributed by atoms with van der Waals surface area (Å²) >= 11 is 0. The molecule has 1 fully saturated rings. The number of methoxy groups -OCH3 is 1. The Bertz CT molecular complexity index is 485. The lowest BCUT2D eigenvalue weighted by Gasteiger charge is -2.13. The van der Waals surface area contributed by atoms with Gasteiger partial charge in [-0.2, -0.15) is 0 Å². The summed E-state index contributed by atoms with van der Waals surface area (Å²) < 4.78 is 5.40. The van der Waals surface area contributed by atoms with Crippen molar-refractivity contribution in [1.29, 1.82) is 0 Å². The van der Waals surface area contributed by atoms with Crippen molar-refractivity contribution in [3.63, 3.8) is 0 Å². The monoisotopic (exact) mass is 275 g/mol. The molecule has 0 aromatic heterocycles. The average molecular weight is 275 g/mol. The first-order chi connectivity index (χ1) is 9.63. The van der Waals surface area contributed by atoms with Crippen LogP contribution in [-0.4, -0.2) is 32.7 Å². The van der Waals surface area contributed by atoms with Crippen molar-refractivity contribution in [2.45, 2.75) is 32.7 Å². The zero-order valence-corrected chi connectivity index (χ0v) is 12.9. The predicted octanol–water partition coefficient (Wildman–Crippen LogP) is 2.12. The second-order valence-corrected chi connectivity index (χ2v) is 5.53. The standard InChI is InChI=1S/C16H25N3O/c1-11-5-6-15(20-4)13(9-11)7-8-18-16(17-3)19-14-10-12(14)2/h5-6,9,12,14H,7-8,10H2,1-4H3,(H2,17,18,19). The number of nitrogens with one attached hydrogen (secondary N) is 2. The molecule has 0 radical (unpaired) electrons. The Morgan fingerprint density at radius 3 is 2.80 bits per heavy atom. The van der Waals surface area contributed by atoms with Gasteiger partial charge >= 0.3 is 0 Å². The Labute approximate surface area is 121 Å². The quantitative estimate of drug-likeness (QED) is 0.639. The number of aliphatic imine (C=N–C) groups is 1. The van der Waals surface area contributed by atoms with E-state index in [0.717, 1.165) is 30.6 Å². The van der Waals surface area contributed by atoms with E-state index in [-0.39, 0.29) is 0 Å². The smallest absolute Gasteiger partial charge is 0.191 e. The molecule has 1 aliphatic rings. The highest BCUT2D eigenvalue weighted by Gasteiger charge is 2.33. The minimum atomic E-state index is 0.592. The topological polar surface area (TPSA) is 45.7 Å². The maximum atomic E-state index is 5.40. The van der Waals surface area contributed by atoms with Gasteiger partial charge < -0.3 is 15.4 Å². The van der Waals surface area contributed by atoms with E-state index in [0.29, 0.717) is 6.04 Å². The Morgan fingerprint density at radius 1 is 1.45 bits per heavy atom. The Morgan fingerprint density at radius 2 is 2.20 bits per heavy atom. The van der Waals surface area contributed by atoms with E-state index < -0.39 is 0 Å². The van der Waals surface area contributed by atoms with Gasteiger partial charge in [0.25, 0.3) is 0 Å². The number of hydrogen-bond donors (Lipinski definition) is 2. The van der Waals surface area contributed by atoms with Crippen molar-refractivity contribution in [1.82, 2.24) is 10.6 Å². The largest absolute Gasteiger partial charge is 0.496 e. The van der Waals surface area contributed by atoms with Gasteiger partial charge in [0.15, 0.2) is 5.96 Å². The summed E-state index contributed by atoms with van der Waals surface area (Å²) in [6.45, 7) is 5.20. The van der Waals surface area contributed by atoms with E-state index in [9.17, 15) is 0 Å². The molecule has 0 spiro atoms. The van der Waals surface area contributed by atoms with Gasteiger partial charge in [0, 0.05) is 19.6 Å². The van der Waals surface area contributed by atoms with Crippen LogP contribution in [0.15, 0.2) is 23.2 Å². The highest BCUT2D eigenvalue weighted by Crippen LogP contribution is 2.28. The molecule has 1 aliphatic carbocycles. The zero-order valence-electron chi connectivity index (χ0n) is 12.9. The molecule has 1 aromatic carbocycles. The molecule has 2 unspecified atom stereocenters. The van der Waals surface area contributed by atoms with Crippen LogP contribution < -0.4 is 15.4 Å². The first-order valence-corrected chi connectivity index (χ1v) is 7.24. The fraction of sp³-hybridized carbons (Fsp3) is 0.562. The molecule has 110 valence electrons. The van der Waals surface area contributed by atoms with Crippen molar-refractivity contribution in [3.8, 4) is 5.75 Å². The van der Waals surface area contributed by atoms with E-state index in [2.05, 4.69) is 41.6 Å². The Kier molecular flexibility index (Phi) is 4.88. The summed E-state index contributed by atoms with van der Waals surface area (Å²) in [4.78, 5) is 4.26.